The van der Waals surface area contributed by atoms with Crippen molar-refractivity contribution >= 4 is 22.6 Å². The summed E-state index contributed by atoms with van der Waals surface area (Å²) in [6.07, 6.45) is 1.45. The Bertz CT molecular complexity index is 1390. The lowest BCUT2D eigenvalue weighted by atomic mass is 9.74. The second-order valence-corrected chi connectivity index (χ2v) is 11.5. The molecule has 0 aliphatic carbocycles. The van der Waals surface area contributed by atoms with Crippen LogP contribution in [0.2, 0.25) is 0 Å². The quantitative estimate of drug-likeness (QED) is 0.285. The highest BCUT2D eigenvalue weighted by Gasteiger charge is 2.42. The number of pyridine rings is 1. The van der Waals surface area contributed by atoms with Crippen molar-refractivity contribution in [1.29, 1.82) is 0 Å². The Morgan fingerprint density at radius 3 is 2.49 bits per heavy atom. The number of alkyl halides is 1. The number of likely N-dealkylation sites (tertiary alicyclic amines) is 1. The number of aliphatic carboxylic acids is 1. The number of rotatable bonds is 12. The largest absolute Gasteiger partial charge is 0.497 e. The number of methoxy groups -OCH3 is 1. The second-order valence-electron chi connectivity index (χ2n) is 11.5. The lowest BCUT2D eigenvalue weighted by Crippen LogP contribution is -2.45. The van der Waals surface area contributed by atoms with Gasteiger partial charge in [0.15, 0.2) is 0 Å². The monoisotopic (exact) mass is 600 g/mol. The molecule has 2 saturated heterocycles. The van der Waals surface area contributed by atoms with E-state index in [1.807, 2.05) is 12.1 Å². The third kappa shape index (κ3) is 7.57. The van der Waals surface area contributed by atoms with Crippen molar-refractivity contribution in [2.24, 2.45) is 5.41 Å². The molecule has 2 aromatic carbocycles. The van der Waals surface area contributed by atoms with Gasteiger partial charge in [-0.25, -0.2) is 13.2 Å². The number of carboxylic acid groups (broad SMARTS) is 1. The Morgan fingerprint density at radius 1 is 1.09 bits per heavy atom. The number of hydrogen-bond donors (Lipinski definition) is 2. The van der Waals surface area contributed by atoms with E-state index in [4.69, 9.17) is 9.47 Å². The number of anilines is 1. The number of carbonyl (C=O) groups is 1. The molecule has 0 radical (unpaired) electrons. The maximum absolute atomic E-state index is 16.4. The van der Waals surface area contributed by atoms with Crippen molar-refractivity contribution in [2.75, 3.05) is 64.9 Å². The zero-order valence-electron chi connectivity index (χ0n) is 24.5. The van der Waals surface area contributed by atoms with Gasteiger partial charge in [0.1, 0.15) is 23.6 Å². The Balaban J connectivity index is 1.25. The molecular formula is C32H39F3N4O4. The third-order valence-corrected chi connectivity index (χ3v) is 8.77. The molecule has 2 aliphatic heterocycles. The van der Waals surface area contributed by atoms with E-state index in [2.05, 4.69) is 20.1 Å². The summed E-state index contributed by atoms with van der Waals surface area (Å²) in [6.45, 7) is 5.42. The van der Waals surface area contributed by atoms with E-state index in [1.165, 1.54) is 12.1 Å². The van der Waals surface area contributed by atoms with E-state index in [-0.39, 0.29) is 12.8 Å². The van der Waals surface area contributed by atoms with Crippen LogP contribution < -0.4 is 10.1 Å². The normalized spacial score (nSPS) is 18.4. The Morgan fingerprint density at radius 2 is 1.81 bits per heavy atom. The molecular weight excluding hydrogens is 561 g/mol. The van der Waals surface area contributed by atoms with Crippen LogP contribution in [0, 0.1) is 17.0 Å². The van der Waals surface area contributed by atoms with Crippen LogP contribution in [0.4, 0.5) is 18.9 Å². The van der Waals surface area contributed by atoms with Crippen LogP contribution in [0.3, 0.4) is 0 Å². The molecule has 232 valence electrons. The molecule has 1 aromatic heterocycles. The number of carboxylic acids is 1. The van der Waals surface area contributed by atoms with Gasteiger partial charge in [-0.15, -0.1) is 0 Å². The molecule has 5 rings (SSSR count). The zero-order valence-corrected chi connectivity index (χ0v) is 24.5. The standard InChI is InChI=1S/C32H39F3N4O4/c1-42-26-2-3-29-27(19-26)30(22(20-37-29)21-39-12-14-43-15-13-39)28(35)4-5-32(31(40)41)6-9-38(10-7-32)11-8-36-25-17-23(33)16-24(34)18-25/h2-3,16-20,28,36H,4-15,21H2,1H3,(H,40,41)/t28-/m1/s1. The summed E-state index contributed by atoms with van der Waals surface area (Å²) in [4.78, 5) is 21.5. The number of halogens is 3. The summed E-state index contributed by atoms with van der Waals surface area (Å²) < 4.78 is 54.2. The average Bonchev–Trinajstić information content (AvgIpc) is 3.00. The van der Waals surface area contributed by atoms with Crippen molar-refractivity contribution in [3.8, 4) is 5.75 Å². The first-order valence-corrected chi connectivity index (χ1v) is 14.8. The van der Waals surface area contributed by atoms with E-state index in [0.717, 1.165) is 24.7 Å². The fourth-order valence-corrected chi connectivity index (χ4v) is 6.19. The summed E-state index contributed by atoms with van der Waals surface area (Å²) in [5, 5.41) is 14.0. The first kappa shape index (κ1) is 31.0. The molecule has 11 heteroatoms. The smallest absolute Gasteiger partial charge is 0.309 e. The van der Waals surface area contributed by atoms with Crippen molar-refractivity contribution in [1.82, 2.24) is 14.8 Å². The number of aromatic nitrogens is 1. The van der Waals surface area contributed by atoms with Crippen LogP contribution in [-0.2, 0) is 16.1 Å². The molecule has 0 spiro atoms. The molecule has 2 fully saturated rings. The number of fused-ring (bicyclic) bond motifs is 1. The van der Waals surface area contributed by atoms with Crippen molar-refractivity contribution in [3.05, 3.63) is 65.4 Å². The van der Waals surface area contributed by atoms with Gasteiger partial charge >= 0.3 is 5.97 Å². The van der Waals surface area contributed by atoms with Gasteiger partial charge in [-0.05, 0) is 74.7 Å². The predicted molar refractivity (Wildman–Crippen MR) is 158 cm³/mol. The molecule has 3 aromatic rings. The summed E-state index contributed by atoms with van der Waals surface area (Å²) in [6, 6.07) is 8.71. The summed E-state index contributed by atoms with van der Waals surface area (Å²) in [7, 11) is 1.57. The molecule has 2 aliphatic rings. The SMILES string of the molecule is COc1ccc2ncc(CN3CCOCC3)c([C@H](F)CCC3(C(=O)O)CCN(CCNc4cc(F)cc(F)c4)CC3)c2c1. The number of benzene rings is 2. The maximum atomic E-state index is 16.4. The molecule has 0 bridgehead atoms. The second kappa shape index (κ2) is 13.9. The van der Waals surface area contributed by atoms with E-state index in [9.17, 15) is 18.7 Å². The van der Waals surface area contributed by atoms with Crippen LogP contribution >= 0.6 is 0 Å². The van der Waals surface area contributed by atoms with Gasteiger partial charge in [0.25, 0.3) is 0 Å². The number of ether oxygens (including phenoxy) is 2. The van der Waals surface area contributed by atoms with Crippen molar-refractivity contribution < 1.29 is 32.5 Å². The van der Waals surface area contributed by atoms with Gasteiger partial charge in [0, 0.05) is 61.6 Å². The van der Waals surface area contributed by atoms with Gasteiger partial charge in [0.2, 0.25) is 0 Å². The number of hydrogen-bond acceptors (Lipinski definition) is 7. The van der Waals surface area contributed by atoms with Gasteiger partial charge in [0.05, 0.1) is 31.3 Å². The maximum Gasteiger partial charge on any atom is 0.309 e. The molecule has 43 heavy (non-hydrogen) atoms. The van der Waals surface area contributed by atoms with E-state index >= 15 is 4.39 Å². The number of morpholine rings is 1. The molecule has 0 saturated carbocycles. The Kier molecular flexibility index (Phi) is 10.0. The lowest BCUT2D eigenvalue weighted by Gasteiger charge is -2.39. The molecule has 3 heterocycles. The predicted octanol–water partition coefficient (Wildman–Crippen LogP) is 5.42. The van der Waals surface area contributed by atoms with Gasteiger partial charge < -0.3 is 24.8 Å². The highest BCUT2D eigenvalue weighted by atomic mass is 19.1. The fourth-order valence-electron chi connectivity index (χ4n) is 6.19. The first-order chi connectivity index (χ1) is 20.8. The van der Waals surface area contributed by atoms with Crippen molar-refractivity contribution in [2.45, 2.75) is 38.4 Å². The minimum Gasteiger partial charge on any atom is -0.497 e. The van der Waals surface area contributed by atoms with Crippen LogP contribution in [-0.4, -0.2) is 85.5 Å². The van der Waals surface area contributed by atoms with Crippen LogP contribution in [0.5, 0.6) is 5.75 Å². The lowest BCUT2D eigenvalue weighted by molar-refractivity contribution is -0.153. The molecule has 0 unspecified atom stereocenters. The van der Waals surface area contributed by atoms with E-state index < -0.39 is 29.2 Å². The highest BCUT2D eigenvalue weighted by Crippen LogP contribution is 2.41. The van der Waals surface area contributed by atoms with Crippen LogP contribution in [0.15, 0.2) is 42.6 Å². The number of nitrogens with zero attached hydrogens (tertiary/aromatic N) is 3. The van der Waals surface area contributed by atoms with Crippen molar-refractivity contribution in [3.63, 3.8) is 0 Å². The fraction of sp³-hybridized carbons (Fsp3) is 0.500. The molecule has 2 N–H and O–H groups in total. The minimum atomic E-state index is -1.38. The van der Waals surface area contributed by atoms with E-state index in [0.29, 0.717) is 86.7 Å². The third-order valence-electron chi connectivity index (χ3n) is 8.77. The summed E-state index contributed by atoms with van der Waals surface area (Å²) in [5.41, 5.74) is 1.34. The number of nitrogens with one attached hydrogen (secondary N) is 1. The zero-order chi connectivity index (χ0) is 30.4. The Hall–Kier alpha value is -3.41. The first-order valence-electron chi connectivity index (χ1n) is 14.8. The van der Waals surface area contributed by atoms with Gasteiger partial charge in [-0.1, -0.05) is 0 Å². The van der Waals surface area contributed by atoms with Crippen LogP contribution in [0.1, 0.15) is 43.0 Å². The summed E-state index contributed by atoms with van der Waals surface area (Å²) in [5.74, 6) is -1.59. The van der Waals surface area contributed by atoms with Gasteiger partial charge in [-0.3, -0.25) is 14.7 Å². The minimum absolute atomic E-state index is 0.0748. The summed E-state index contributed by atoms with van der Waals surface area (Å²) >= 11 is 0. The average molecular weight is 601 g/mol. The number of piperidine rings is 1. The molecule has 0 amide bonds. The topological polar surface area (TPSA) is 87.2 Å². The van der Waals surface area contributed by atoms with Gasteiger partial charge in [-0.2, -0.15) is 0 Å². The molecule has 1 atom stereocenters. The highest BCUT2D eigenvalue weighted by molar-refractivity contribution is 5.85. The van der Waals surface area contributed by atoms with E-state index in [1.54, 1.807) is 19.4 Å². The Labute approximate surface area is 249 Å². The van der Waals surface area contributed by atoms with Crippen LogP contribution in [0.25, 0.3) is 10.9 Å². The molecule has 8 nitrogen and oxygen atoms in total.